The quantitative estimate of drug-likeness (QED) is 0.856. The lowest BCUT2D eigenvalue weighted by Gasteiger charge is -2.24. The van der Waals surface area contributed by atoms with Gasteiger partial charge in [-0.15, -0.1) is 25.6 Å². The van der Waals surface area contributed by atoms with Crippen molar-refractivity contribution in [2.24, 2.45) is 5.92 Å². The lowest BCUT2D eigenvalue weighted by atomic mass is 9.85. The average molecular weight is 365 g/mol. The smallest absolute Gasteiger partial charge is 0.406 e. The molecule has 1 aromatic rings. The van der Waals surface area contributed by atoms with Crippen LogP contribution in [0.3, 0.4) is 0 Å². The molecule has 1 saturated heterocycles. The van der Waals surface area contributed by atoms with Gasteiger partial charge in [0.2, 0.25) is 5.91 Å². The molecule has 0 bridgehead atoms. The number of alkyl halides is 3. The summed E-state index contributed by atoms with van der Waals surface area (Å²) in [7, 11) is 0. The Morgan fingerprint density at radius 1 is 1.17 bits per heavy atom. The molecule has 3 unspecified atom stereocenters. The Labute approximate surface area is 144 Å². The number of amides is 1. The van der Waals surface area contributed by atoms with Crippen molar-refractivity contribution in [1.82, 2.24) is 5.32 Å². The fourth-order valence-electron chi connectivity index (χ4n) is 3.49. The van der Waals surface area contributed by atoms with Crippen molar-refractivity contribution >= 4 is 24.0 Å². The maximum absolute atomic E-state index is 12.3. The number of nitrogens with one attached hydrogen (secondary N) is 2. The Bertz CT molecular complexity index is 551. The number of carbonyl (C=O) groups is 1. The zero-order chi connectivity index (χ0) is 16.4. The summed E-state index contributed by atoms with van der Waals surface area (Å²) in [5.41, 5.74) is 0.459. The number of hydrogen-bond acceptors (Lipinski definition) is 3. The minimum absolute atomic E-state index is 0. The molecule has 8 heteroatoms. The van der Waals surface area contributed by atoms with Crippen LogP contribution in [-0.4, -0.2) is 24.4 Å². The van der Waals surface area contributed by atoms with Crippen molar-refractivity contribution in [3.05, 3.63) is 24.3 Å². The van der Waals surface area contributed by atoms with Gasteiger partial charge in [0, 0.05) is 11.7 Å². The SMILES string of the molecule is Cl.O=C(Nc1ccc(OC(F)(F)F)cc1)C1CC2CCCCC2N1. The van der Waals surface area contributed by atoms with Crippen LogP contribution in [-0.2, 0) is 4.79 Å². The van der Waals surface area contributed by atoms with Gasteiger partial charge >= 0.3 is 6.36 Å². The van der Waals surface area contributed by atoms with Crippen LogP contribution in [0.2, 0.25) is 0 Å². The highest BCUT2D eigenvalue weighted by Gasteiger charge is 2.38. The van der Waals surface area contributed by atoms with Gasteiger partial charge in [0.25, 0.3) is 0 Å². The second-order valence-electron chi connectivity index (χ2n) is 6.17. The van der Waals surface area contributed by atoms with Crippen LogP contribution in [0, 0.1) is 5.92 Å². The highest BCUT2D eigenvalue weighted by Crippen LogP contribution is 2.33. The highest BCUT2D eigenvalue weighted by molar-refractivity contribution is 5.95. The number of halogens is 4. The Kier molecular flexibility index (Phi) is 5.98. The maximum atomic E-state index is 12.3. The zero-order valence-electron chi connectivity index (χ0n) is 12.9. The second-order valence-corrected chi connectivity index (χ2v) is 6.17. The van der Waals surface area contributed by atoms with Gasteiger partial charge in [-0.25, -0.2) is 0 Å². The molecule has 1 aliphatic carbocycles. The molecule has 1 aromatic carbocycles. The van der Waals surface area contributed by atoms with Crippen molar-refractivity contribution < 1.29 is 22.7 Å². The fourth-order valence-corrected chi connectivity index (χ4v) is 3.49. The standard InChI is InChI=1S/C16H19F3N2O2.ClH/c17-16(18,19)23-12-7-5-11(6-8-12)20-15(22)14-9-10-3-1-2-4-13(10)21-14;/h5-8,10,13-14,21H,1-4,9H2,(H,20,22);1H. The molecule has 2 N–H and O–H groups in total. The summed E-state index contributed by atoms with van der Waals surface area (Å²) in [6, 6.07) is 5.37. The molecule has 4 nitrogen and oxygen atoms in total. The van der Waals surface area contributed by atoms with Crippen LogP contribution in [0.4, 0.5) is 18.9 Å². The summed E-state index contributed by atoms with van der Waals surface area (Å²) >= 11 is 0. The predicted octanol–water partition coefficient (Wildman–Crippen LogP) is 3.87. The monoisotopic (exact) mass is 364 g/mol. The van der Waals surface area contributed by atoms with Crippen LogP contribution >= 0.6 is 12.4 Å². The summed E-state index contributed by atoms with van der Waals surface area (Å²) in [6.07, 6.45) is 0.796. The first-order valence-electron chi connectivity index (χ1n) is 7.83. The minimum Gasteiger partial charge on any atom is -0.406 e. The third-order valence-electron chi connectivity index (χ3n) is 4.53. The third kappa shape index (κ3) is 4.77. The van der Waals surface area contributed by atoms with E-state index in [-0.39, 0.29) is 30.1 Å². The number of fused-ring (bicyclic) bond motifs is 1. The van der Waals surface area contributed by atoms with Gasteiger partial charge < -0.3 is 15.4 Å². The highest BCUT2D eigenvalue weighted by atomic mass is 35.5. The maximum Gasteiger partial charge on any atom is 0.573 e. The molecule has 134 valence electrons. The van der Waals surface area contributed by atoms with E-state index in [4.69, 9.17) is 0 Å². The van der Waals surface area contributed by atoms with Crippen molar-refractivity contribution in [2.75, 3.05) is 5.32 Å². The number of anilines is 1. The van der Waals surface area contributed by atoms with E-state index in [0.29, 0.717) is 17.6 Å². The van der Waals surface area contributed by atoms with E-state index in [1.165, 1.54) is 37.1 Å². The molecule has 3 rings (SSSR count). The number of hydrogen-bond donors (Lipinski definition) is 2. The van der Waals surface area contributed by atoms with Crippen molar-refractivity contribution in [3.8, 4) is 5.75 Å². The lowest BCUT2D eigenvalue weighted by Crippen LogP contribution is -2.39. The van der Waals surface area contributed by atoms with Crippen LogP contribution in [0.15, 0.2) is 24.3 Å². The van der Waals surface area contributed by atoms with Gasteiger partial charge in [0.15, 0.2) is 0 Å². The summed E-state index contributed by atoms with van der Waals surface area (Å²) < 4.78 is 40.1. The van der Waals surface area contributed by atoms with Crippen molar-refractivity contribution in [2.45, 2.75) is 50.6 Å². The Morgan fingerprint density at radius 3 is 2.46 bits per heavy atom. The van der Waals surface area contributed by atoms with E-state index in [9.17, 15) is 18.0 Å². The molecule has 1 aliphatic heterocycles. The Balaban J connectivity index is 0.00000208. The molecule has 3 atom stereocenters. The first-order chi connectivity index (χ1) is 10.9. The molecule has 0 spiro atoms. The summed E-state index contributed by atoms with van der Waals surface area (Å²) in [4.78, 5) is 12.3. The fraction of sp³-hybridized carbons (Fsp3) is 0.562. The molecule has 0 aromatic heterocycles. The number of benzene rings is 1. The van der Waals surface area contributed by atoms with Gasteiger partial charge in [0.1, 0.15) is 5.75 Å². The molecule has 1 saturated carbocycles. The first-order valence-corrected chi connectivity index (χ1v) is 7.83. The molecule has 1 heterocycles. The van der Waals surface area contributed by atoms with E-state index >= 15 is 0 Å². The van der Waals surface area contributed by atoms with Gasteiger partial charge in [-0.2, -0.15) is 0 Å². The topological polar surface area (TPSA) is 50.4 Å². The lowest BCUT2D eigenvalue weighted by molar-refractivity contribution is -0.274. The summed E-state index contributed by atoms with van der Waals surface area (Å²) in [6.45, 7) is 0. The Hall–Kier alpha value is -1.47. The van der Waals surface area contributed by atoms with E-state index in [1.807, 2.05) is 0 Å². The molecular weight excluding hydrogens is 345 g/mol. The number of rotatable bonds is 3. The van der Waals surface area contributed by atoms with E-state index in [0.717, 1.165) is 19.3 Å². The van der Waals surface area contributed by atoms with Gasteiger partial charge in [-0.3, -0.25) is 4.79 Å². The van der Waals surface area contributed by atoms with E-state index in [1.54, 1.807) is 0 Å². The third-order valence-corrected chi connectivity index (χ3v) is 4.53. The predicted molar refractivity (Wildman–Crippen MR) is 86.3 cm³/mol. The molecule has 2 fully saturated rings. The second kappa shape index (κ2) is 7.61. The van der Waals surface area contributed by atoms with Gasteiger partial charge in [-0.05, 0) is 49.4 Å². The number of carbonyl (C=O) groups excluding carboxylic acids is 1. The van der Waals surface area contributed by atoms with Gasteiger partial charge in [-0.1, -0.05) is 12.8 Å². The summed E-state index contributed by atoms with van der Waals surface area (Å²) in [5, 5.41) is 6.12. The van der Waals surface area contributed by atoms with E-state index in [2.05, 4.69) is 15.4 Å². The summed E-state index contributed by atoms with van der Waals surface area (Å²) in [5.74, 6) is 0.117. The molecule has 2 aliphatic rings. The van der Waals surface area contributed by atoms with Crippen LogP contribution in [0.5, 0.6) is 5.75 Å². The largest absolute Gasteiger partial charge is 0.573 e. The average Bonchev–Trinajstić information content (AvgIpc) is 2.92. The number of ether oxygens (including phenoxy) is 1. The molecule has 0 radical (unpaired) electrons. The first kappa shape index (κ1) is 18.9. The molecule has 1 amide bonds. The minimum atomic E-state index is -4.71. The van der Waals surface area contributed by atoms with Gasteiger partial charge in [0.05, 0.1) is 6.04 Å². The van der Waals surface area contributed by atoms with Crippen LogP contribution in [0.1, 0.15) is 32.1 Å². The van der Waals surface area contributed by atoms with E-state index < -0.39 is 6.36 Å². The molecular formula is C16H20ClF3N2O2. The van der Waals surface area contributed by atoms with Crippen molar-refractivity contribution in [3.63, 3.8) is 0 Å². The zero-order valence-corrected chi connectivity index (χ0v) is 13.8. The van der Waals surface area contributed by atoms with Crippen molar-refractivity contribution in [1.29, 1.82) is 0 Å². The van der Waals surface area contributed by atoms with Crippen LogP contribution in [0.25, 0.3) is 0 Å². The molecule has 24 heavy (non-hydrogen) atoms. The normalized spacial score (nSPS) is 26.2. The Morgan fingerprint density at radius 2 is 1.83 bits per heavy atom. The van der Waals surface area contributed by atoms with Crippen LogP contribution < -0.4 is 15.4 Å².